The monoisotopic (exact) mass is 467 g/mol. The van der Waals surface area contributed by atoms with Gasteiger partial charge in [-0.1, -0.05) is 37.3 Å². The van der Waals surface area contributed by atoms with Crippen molar-refractivity contribution in [2.45, 2.75) is 20.0 Å². The zero-order valence-corrected chi connectivity index (χ0v) is 19.1. The standard InChI is InChI=1S/C21H13NO4.C3H9NO2S/c1-10-6-7-15-13(8-10)22-19-16(26-15)9-14(23)17-18(19)21(25)12-5-3-2-4-11(12)20(17)24;1-3-4-7(2,5)6/h2-9,16,23H,1H3;4H,3H2,1-2H3/p+1. The van der Waals surface area contributed by atoms with Gasteiger partial charge in [-0.3, -0.25) is 9.59 Å². The van der Waals surface area contributed by atoms with Crippen molar-refractivity contribution in [2.24, 2.45) is 0 Å². The number of aliphatic hydroxyl groups is 1. The zero-order chi connectivity index (χ0) is 23.9. The normalized spacial score (nSPS) is 18.5. The number of benzene rings is 2. The molecule has 1 heterocycles. The highest BCUT2D eigenvalue weighted by Gasteiger charge is 2.46. The van der Waals surface area contributed by atoms with Crippen LogP contribution in [0.1, 0.15) is 33.2 Å². The first kappa shape index (κ1) is 22.6. The van der Waals surface area contributed by atoms with Crippen molar-refractivity contribution in [2.75, 3.05) is 12.8 Å². The van der Waals surface area contributed by atoms with E-state index in [1.807, 2.05) is 25.1 Å². The molecule has 33 heavy (non-hydrogen) atoms. The SMILES string of the molecule is CCNS(C)(=O)=O.Cc1ccc2c(c1)[NH+]=C1C3=C(C(=O)c4ccccc4C3=O)C(O)=CC1O2. The molecule has 1 aliphatic heterocycles. The van der Waals surface area contributed by atoms with Gasteiger partial charge in [-0.25, -0.2) is 18.1 Å². The number of rotatable bonds is 2. The molecular formula is C24H23N2O6S+. The number of allylic oxidation sites excluding steroid dienone is 1. The molecule has 170 valence electrons. The molecule has 2 aromatic carbocycles. The third-order valence-corrected chi connectivity index (χ3v) is 6.12. The molecule has 3 aliphatic rings. The van der Waals surface area contributed by atoms with Crippen LogP contribution in [0.3, 0.4) is 0 Å². The minimum Gasteiger partial charge on any atom is -0.507 e. The van der Waals surface area contributed by atoms with Gasteiger partial charge in [0.1, 0.15) is 11.3 Å². The molecule has 0 spiro atoms. The van der Waals surface area contributed by atoms with Gasteiger partial charge in [-0.15, -0.1) is 0 Å². The molecule has 2 aliphatic carbocycles. The first-order valence-electron chi connectivity index (χ1n) is 10.3. The molecule has 0 saturated heterocycles. The quantitative estimate of drug-likeness (QED) is 0.612. The third-order valence-electron chi connectivity index (χ3n) is 5.30. The molecule has 2 aromatic rings. The fourth-order valence-electron chi connectivity index (χ4n) is 3.94. The molecule has 0 radical (unpaired) electrons. The Morgan fingerprint density at radius 2 is 1.70 bits per heavy atom. The summed E-state index contributed by atoms with van der Waals surface area (Å²) in [5, 5.41) is 10.5. The summed E-state index contributed by atoms with van der Waals surface area (Å²) in [6.45, 7) is 4.17. The minimum absolute atomic E-state index is 0.0344. The number of sulfonamides is 1. The van der Waals surface area contributed by atoms with Gasteiger partial charge in [0, 0.05) is 29.8 Å². The van der Waals surface area contributed by atoms with Crippen LogP contribution in [0.5, 0.6) is 5.75 Å². The van der Waals surface area contributed by atoms with Crippen LogP contribution >= 0.6 is 0 Å². The number of Topliss-reactive ketones (excluding diaryl/α,β-unsaturated/α-hetero) is 2. The number of aryl methyl sites for hydroxylation is 1. The van der Waals surface area contributed by atoms with Crippen LogP contribution in [0.2, 0.25) is 0 Å². The Balaban J connectivity index is 0.000000325. The Bertz CT molecular complexity index is 1390. The van der Waals surface area contributed by atoms with E-state index in [4.69, 9.17) is 4.74 Å². The van der Waals surface area contributed by atoms with Crippen molar-refractivity contribution in [1.82, 2.24) is 4.72 Å². The van der Waals surface area contributed by atoms with Gasteiger partial charge in [0.05, 0.1) is 11.8 Å². The second-order valence-corrected chi connectivity index (χ2v) is 9.69. The highest BCUT2D eigenvalue weighted by Crippen LogP contribution is 2.36. The summed E-state index contributed by atoms with van der Waals surface area (Å²) < 4.78 is 28.4. The molecule has 5 rings (SSSR count). The van der Waals surface area contributed by atoms with Gasteiger partial charge in [0.25, 0.3) is 0 Å². The summed E-state index contributed by atoms with van der Waals surface area (Å²) in [4.78, 5) is 29.2. The number of hydrogen-bond acceptors (Lipinski definition) is 6. The molecule has 1 unspecified atom stereocenters. The maximum atomic E-state index is 13.1. The van der Waals surface area contributed by atoms with E-state index >= 15 is 0 Å². The largest absolute Gasteiger partial charge is 0.507 e. The van der Waals surface area contributed by atoms with Crippen molar-refractivity contribution >= 4 is 33.0 Å². The topological polar surface area (TPSA) is 124 Å². The van der Waals surface area contributed by atoms with Crippen LogP contribution in [-0.4, -0.2) is 49.7 Å². The van der Waals surface area contributed by atoms with E-state index in [1.54, 1.807) is 31.2 Å². The first-order chi connectivity index (χ1) is 15.6. The van der Waals surface area contributed by atoms with Gasteiger partial charge < -0.3 is 9.84 Å². The smallest absolute Gasteiger partial charge is 0.246 e. The number of nitrogens with one attached hydrogen (secondary N) is 2. The van der Waals surface area contributed by atoms with E-state index in [0.29, 0.717) is 29.1 Å². The van der Waals surface area contributed by atoms with Gasteiger partial charge in [-0.05, 0) is 18.6 Å². The lowest BCUT2D eigenvalue weighted by molar-refractivity contribution is -0.363. The lowest BCUT2D eigenvalue weighted by Crippen LogP contribution is -2.73. The number of fused-ring (bicyclic) bond motifs is 4. The van der Waals surface area contributed by atoms with Crippen molar-refractivity contribution in [3.05, 3.63) is 82.1 Å². The molecule has 0 saturated carbocycles. The summed E-state index contributed by atoms with van der Waals surface area (Å²) in [6.07, 6.45) is 1.95. The van der Waals surface area contributed by atoms with Crippen molar-refractivity contribution < 1.29 is 32.8 Å². The maximum absolute atomic E-state index is 13.1. The summed E-state index contributed by atoms with van der Waals surface area (Å²) in [7, 11) is -2.92. The van der Waals surface area contributed by atoms with Crippen LogP contribution < -0.4 is 14.5 Å². The highest BCUT2D eigenvalue weighted by atomic mass is 32.2. The van der Waals surface area contributed by atoms with Crippen LogP contribution in [0.4, 0.5) is 5.69 Å². The van der Waals surface area contributed by atoms with Crippen LogP contribution in [0.15, 0.2) is 65.4 Å². The Hall–Kier alpha value is -3.56. The third kappa shape index (κ3) is 4.24. The van der Waals surface area contributed by atoms with E-state index in [-0.39, 0.29) is 28.5 Å². The lowest BCUT2D eigenvalue weighted by atomic mass is 9.77. The van der Waals surface area contributed by atoms with Crippen molar-refractivity contribution in [3.8, 4) is 5.75 Å². The molecule has 0 bridgehead atoms. The average Bonchev–Trinajstić information content (AvgIpc) is 2.75. The van der Waals surface area contributed by atoms with Gasteiger partial charge >= 0.3 is 0 Å². The van der Waals surface area contributed by atoms with Gasteiger partial charge in [-0.2, -0.15) is 0 Å². The van der Waals surface area contributed by atoms with Crippen LogP contribution in [0, 0.1) is 6.92 Å². The number of ketones is 2. The molecular weight excluding hydrogens is 444 g/mol. The van der Waals surface area contributed by atoms with E-state index in [2.05, 4.69) is 9.71 Å². The van der Waals surface area contributed by atoms with Crippen LogP contribution in [-0.2, 0) is 10.0 Å². The summed E-state index contributed by atoms with van der Waals surface area (Å²) >= 11 is 0. The maximum Gasteiger partial charge on any atom is 0.246 e. The highest BCUT2D eigenvalue weighted by molar-refractivity contribution is 7.88. The predicted molar refractivity (Wildman–Crippen MR) is 123 cm³/mol. The Labute approximate surface area is 191 Å². The Morgan fingerprint density at radius 1 is 1.06 bits per heavy atom. The van der Waals surface area contributed by atoms with Crippen molar-refractivity contribution in [1.29, 1.82) is 0 Å². The Kier molecular flexibility index (Phi) is 5.77. The fourth-order valence-corrected chi connectivity index (χ4v) is 4.47. The fraction of sp³-hybridized carbons (Fsp3) is 0.208. The first-order valence-corrected chi connectivity index (χ1v) is 12.2. The second kappa shape index (κ2) is 8.42. The Morgan fingerprint density at radius 3 is 2.27 bits per heavy atom. The van der Waals surface area contributed by atoms with Gasteiger partial charge in [0.2, 0.25) is 33.3 Å². The summed E-state index contributed by atoms with van der Waals surface area (Å²) in [5.74, 6) is -0.236. The lowest BCUT2D eigenvalue weighted by Gasteiger charge is -2.28. The number of aliphatic hydroxyl groups excluding tert-OH is 1. The molecule has 8 nitrogen and oxygen atoms in total. The molecule has 0 fully saturated rings. The molecule has 1 atom stereocenters. The van der Waals surface area contributed by atoms with E-state index in [9.17, 15) is 23.1 Å². The number of carbonyl (C=O) groups excluding carboxylic acids is 2. The van der Waals surface area contributed by atoms with Crippen LogP contribution in [0.25, 0.3) is 0 Å². The molecule has 0 aromatic heterocycles. The molecule has 9 heteroatoms. The number of ether oxygens (including phenoxy) is 1. The van der Waals surface area contributed by atoms with E-state index < -0.39 is 16.1 Å². The van der Waals surface area contributed by atoms with Gasteiger partial charge in [0.15, 0.2) is 11.5 Å². The summed E-state index contributed by atoms with van der Waals surface area (Å²) in [5.41, 5.74) is 3.13. The van der Waals surface area contributed by atoms with E-state index in [0.717, 1.165) is 17.5 Å². The van der Waals surface area contributed by atoms with Crippen molar-refractivity contribution in [3.63, 3.8) is 0 Å². The summed E-state index contributed by atoms with van der Waals surface area (Å²) in [6, 6.07) is 12.3. The molecule has 3 N–H and O–H groups in total. The minimum atomic E-state index is -2.92. The zero-order valence-electron chi connectivity index (χ0n) is 18.3. The average molecular weight is 468 g/mol. The molecule has 0 amide bonds. The number of hydrogen-bond donors (Lipinski definition) is 3. The van der Waals surface area contributed by atoms with E-state index in [1.165, 1.54) is 6.08 Å². The number of carbonyl (C=O) groups is 2. The predicted octanol–water partition coefficient (Wildman–Crippen LogP) is 1.30. The second-order valence-electron chi connectivity index (χ2n) is 7.85.